The number of fused-ring (bicyclic) bond motifs is 1. The molecule has 0 aromatic heterocycles. The average Bonchev–Trinajstić information content (AvgIpc) is 3.55. The van der Waals surface area contributed by atoms with Crippen LogP contribution in [0.3, 0.4) is 0 Å². The lowest BCUT2D eigenvalue weighted by atomic mass is 9.77. The first-order valence-electron chi connectivity index (χ1n) is 13.0. The molecule has 1 aromatic rings. The summed E-state index contributed by atoms with van der Waals surface area (Å²) in [6.07, 6.45) is 5.71. The fourth-order valence-corrected chi connectivity index (χ4v) is 7.72. The minimum Gasteiger partial charge on any atom is -0.342 e. The average molecular weight is 521 g/mol. The number of hydrogen-bond acceptors (Lipinski definition) is 4. The molecule has 5 rings (SSSR count). The maximum atomic E-state index is 14.4. The normalized spacial score (nSPS) is 26.8. The summed E-state index contributed by atoms with van der Waals surface area (Å²) in [6, 6.07) is 2.84. The Hall–Kier alpha value is -2.36. The molecule has 4 saturated heterocycles. The summed E-state index contributed by atoms with van der Waals surface area (Å²) in [6.45, 7) is 3.84. The number of nitrogens with one attached hydrogen (secondary N) is 2. The highest BCUT2D eigenvalue weighted by molar-refractivity contribution is 8.00. The van der Waals surface area contributed by atoms with E-state index in [4.69, 9.17) is 0 Å². The summed E-state index contributed by atoms with van der Waals surface area (Å²) >= 11 is 1.90. The molecule has 0 aliphatic carbocycles. The molecular formula is C26H34F2N4O3S. The number of aryl methyl sites for hydroxylation is 1. The molecule has 0 saturated carbocycles. The second kappa shape index (κ2) is 10.2. The second-order valence-electron chi connectivity index (χ2n) is 10.8. The van der Waals surface area contributed by atoms with Crippen LogP contribution < -0.4 is 10.6 Å². The number of carbonyl (C=O) groups is 3. The van der Waals surface area contributed by atoms with E-state index in [1.165, 1.54) is 13.0 Å². The Bertz CT molecular complexity index is 1050. The summed E-state index contributed by atoms with van der Waals surface area (Å²) in [5, 5.41) is 6.38. The Kier molecular flexibility index (Phi) is 7.16. The van der Waals surface area contributed by atoms with E-state index < -0.39 is 23.1 Å². The molecule has 1 spiro atoms. The van der Waals surface area contributed by atoms with Gasteiger partial charge in [0.2, 0.25) is 5.91 Å². The minimum absolute atomic E-state index is 0.0146. The summed E-state index contributed by atoms with van der Waals surface area (Å²) in [5.74, 6) is -1.07. The Morgan fingerprint density at radius 1 is 1.08 bits per heavy atom. The molecule has 4 aliphatic heterocycles. The van der Waals surface area contributed by atoms with Gasteiger partial charge in [0, 0.05) is 43.6 Å². The zero-order valence-corrected chi connectivity index (χ0v) is 21.5. The molecule has 3 atom stereocenters. The number of unbranched alkanes of at least 4 members (excludes halogenated alkanes) is 1. The van der Waals surface area contributed by atoms with Crippen molar-refractivity contribution >= 4 is 29.6 Å². The zero-order chi connectivity index (χ0) is 25.4. The standard InChI is InChI=1S/C26H34F2N4O3S/c1-16-6-7-17(27)21(22(16)28)24(34)31-11-8-26(9-12-31)10-13-32(15-26)20(33)5-3-2-4-19-23-18(14-36-19)29-25(35)30-23/h6-7,18-19,23H,2-5,8-15H2,1H3,(H2,29,30,35)/t18-,19-,23-/m0/s1. The van der Waals surface area contributed by atoms with Crippen molar-refractivity contribution in [2.75, 3.05) is 31.9 Å². The fraction of sp³-hybridized carbons (Fsp3) is 0.654. The van der Waals surface area contributed by atoms with Crippen LogP contribution in [0.15, 0.2) is 12.1 Å². The number of rotatable bonds is 6. The Labute approximate surface area is 214 Å². The number of amides is 4. The first-order valence-corrected chi connectivity index (χ1v) is 14.0. The van der Waals surface area contributed by atoms with Gasteiger partial charge in [-0.25, -0.2) is 13.6 Å². The van der Waals surface area contributed by atoms with E-state index >= 15 is 0 Å². The van der Waals surface area contributed by atoms with Crippen LogP contribution in [0.5, 0.6) is 0 Å². The predicted molar refractivity (Wildman–Crippen MR) is 134 cm³/mol. The minimum atomic E-state index is -0.822. The van der Waals surface area contributed by atoms with Gasteiger partial charge in [0.1, 0.15) is 17.2 Å². The largest absolute Gasteiger partial charge is 0.342 e. The van der Waals surface area contributed by atoms with E-state index in [1.54, 1.807) is 4.90 Å². The van der Waals surface area contributed by atoms with Gasteiger partial charge < -0.3 is 20.4 Å². The van der Waals surface area contributed by atoms with Crippen molar-refractivity contribution in [2.24, 2.45) is 5.41 Å². The van der Waals surface area contributed by atoms with Crippen molar-refractivity contribution in [1.82, 2.24) is 20.4 Å². The third-order valence-electron chi connectivity index (χ3n) is 8.47. The molecule has 0 radical (unpaired) electrons. The molecule has 1 aromatic carbocycles. The molecule has 196 valence electrons. The number of hydrogen-bond donors (Lipinski definition) is 2. The molecule has 4 aliphatic rings. The van der Waals surface area contributed by atoms with E-state index in [9.17, 15) is 23.2 Å². The molecular weight excluding hydrogens is 486 g/mol. The van der Waals surface area contributed by atoms with Crippen LogP contribution in [0, 0.1) is 24.0 Å². The number of halogens is 2. The Morgan fingerprint density at radius 3 is 2.56 bits per heavy atom. The quantitative estimate of drug-likeness (QED) is 0.445. The summed E-state index contributed by atoms with van der Waals surface area (Å²) in [7, 11) is 0. The van der Waals surface area contributed by atoms with Crippen molar-refractivity contribution in [1.29, 1.82) is 0 Å². The van der Waals surface area contributed by atoms with Crippen LogP contribution in [0.25, 0.3) is 0 Å². The van der Waals surface area contributed by atoms with Crippen LogP contribution in [-0.4, -0.2) is 76.9 Å². The van der Waals surface area contributed by atoms with Gasteiger partial charge in [0.15, 0.2) is 0 Å². The van der Waals surface area contributed by atoms with Gasteiger partial charge in [-0.05, 0) is 56.1 Å². The zero-order valence-electron chi connectivity index (χ0n) is 20.7. The summed E-state index contributed by atoms with van der Waals surface area (Å²) in [5.41, 5.74) is -0.224. The molecule has 4 fully saturated rings. The number of benzene rings is 1. The van der Waals surface area contributed by atoms with Crippen LogP contribution in [-0.2, 0) is 4.79 Å². The molecule has 36 heavy (non-hydrogen) atoms. The lowest BCUT2D eigenvalue weighted by molar-refractivity contribution is -0.130. The number of urea groups is 1. The van der Waals surface area contributed by atoms with E-state index in [0.29, 0.717) is 31.3 Å². The van der Waals surface area contributed by atoms with Gasteiger partial charge in [-0.1, -0.05) is 12.5 Å². The highest BCUT2D eigenvalue weighted by Gasteiger charge is 2.44. The van der Waals surface area contributed by atoms with Crippen molar-refractivity contribution in [3.8, 4) is 0 Å². The summed E-state index contributed by atoms with van der Waals surface area (Å²) < 4.78 is 28.6. The van der Waals surface area contributed by atoms with E-state index in [-0.39, 0.29) is 35.0 Å². The topological polar surface area (TPSA) is 81.8 Å². The van der Waals surface area contributed by atoms with Crippen LogP contribution >= 0.6 is 11.8 Å². The van der Waals surface area contributed by atoms with Gasteiger partial charge in [0.25, 0.3) is 5.91 Å². The van der Waals surface area contributed by atoms with Crippen LogP contribution in [0.2, 0.25) is 0 Å². The first kappa shape index (κ1) is 25.3. The third-order valence-corrected chi connectivity index (χ3v) is 9.98. The number of carbonyl (C=O) groups excluding carboxylic acids is 3. The smallest absolute Gasteiger partial charge is 0.315 e. The van der Waals surface area contributed by atoms with Crippen molar-refractivity contribution in [2.45, 2.75) is 69.2 Å². The second-order valence-corrected chi connectivity index (χ2v) is 12.1. The van der Waals surface area contributed by atoms with Gasteiger partial charge >= 0.3 is 6.03 Å². The summed E-state index contributed by atoms with van der Waals surface area (Å²) in [4.78, 5) is 40.7. The molecule has 4 heterocycles. The van der Waals surface area contributed by atoms with Crippen molar-refractivity contribution < 1.29 is 23.2 Å². The molecule has 10 heteroatoms. The van der Waals surface area contributed by atoms with E-state index in [0.717, 1.165) is 56.9 Å². The number of piperidine rings is 1. The SMILES string of the molecule is Cc1ccc(F)c(C(=O)N2CCC3(CCN(C(=O)CCCC[C@@H]4SC[C@@H]5NC(=O)N[C@@H]54)C3)CC2)c1F. The molecule has 0 unspecified atom stereocenters. The van der Waals surface area contributed by atoms with Gasteiger partial charge in [0.05, 0.1) is 12.1 Å². The maximum Gasteiger partial charge on any atom is 0.315 e. The lowest BCUT2D eigenvalue weighted by Crippen LogP contribution is -2.45. The molecule has 0 bridgehead atoms. The fourth-order valence-electron chi connectivity index (χ4n) is 6.17. The number of nitrogens with zero attached hydrogens (tertiary/aromatic N) is 2. The van der Waals surface area contributed by atoms with Crippen LogP contribution in [0.1, 0.15) is 60.9 Å². The molecule has 7 nitrogen and oxygen atoms in total. The third kappa shape index (κ3) is 4.93. The highest BCUT2D eigenvalue weighted by atomic mass is 32.2. The van der Waals surface area contributed by atoms with Gasteiger partial charge in [-0.15, -0.1) is 0 Å². The number of thioether (sulfide) groups is 1. The van der Waals surface area contributed by atoms with Gasteiger partial charge in [-0.3, -0.25) is 9.59 Å². The van der Waals surface area contributed by atoms with Crippen molar-refractivity contribution in [3.63, 3.8) is 0 Å². The van der Waals surface area contributed by atoms with Crippen LogP contribution in [0.4, 0.5) is 13.6 Å². The highest BCUT2D eigenvalue weighted by Crippen LogP contribution is 2.41. The lowest BCUT2D eigenvalue weighted by Gasteiger charge is -2.39. The predicted octanol–water partition coefficient (Wildman–Crippen LogP) is 3.45. The monoisotopic (exact) mass is 520 g/mol. The Morgan fingerprint density at radius 2 is 1.81 bits per heavy atom. The van der Waals surface area contributed by atoms with E-state index in [2.05, 4.69) is 10.6 Å². The first-order chi connectivity index (χ1) is 17.3. The molecule has 4 amide bonds. The van der Waals surface area contributed by atoms with Crippen molar-refractivity contribution in [3.05, 3.63) is 34.9 Å². The Balaban J connectivity index is 1.06. The van der Waals surface area contributed by atoms with Gasteiger partial charge in [-0.2, -0.15) is 11.8 Å². The van der Waals surface area contributed by atoms with E-state index in [1.807, 2.05) is 16.7 Å². The molecule has 2 N–H and O–H groups in total. The number of likely N-dealkylation sites (tertiary alicyclic amines) is 2. The maximum absolute atomic E-state index is 14.4.